The zero-order valence-electron chi connectivity index (χ0n) is 10.4. The molecule has 102 valence electrons. The van der Waals surface area contributed by atoms with Crippen LogP contribution >= 0.6 is 0 Å². The molecule has 0 saturated carbocycles. The number of alkyl halides is 3. The Morgan fingerprint density at radius 1 is 1.28 bits per heavy atom. The average molecular weight is 262 g/mol. The summed E-state index contributed by atoms with van der Waals surface area (Å²) < 4.78 is 39.9. The maximum absolute atomic E-state index is 12.0. The maximum atomic E-state index is 12.0. The Morgan fingerprint density at radius 3 is 2.44 bits per heavy atom. The molecule has 0 amide bonds. The number of aryl methyl sites for hydroxylation is 1. The lowest BCUT2D eigenvalue weighted by Crippen LogP contribution is -2.18. The van der Waals surface area contributed by atoms with Crippen molar-refractivity contribution >= 4 is 5.69 Å². The van der Waals surface area contributed by atoms with Crippen molar-refractivity contribution in [2.24, 2.45) is 0 Å². The molecule has 0 aromatic heterocycles. The van der Waals surface area contributed by atoms with Crippen LogP contribution in [0.25, 0.3) is 0 Å². The van der Waals surface area contributed by atoms with Crippen LogP contribution in [0.4, 0.5) is 18.9 Å². The van der Waals surface area contributed by atoms with Gasteiger partial charge in [-0.2, -0.15) is 0 Å². The van der Waals surface area contributed by atoms with Gasteiger partial charge in [0.2, 0.25) is 0 Å². The Kier molecular flexibility index (Phi) is 4.84. The van der Waals surface area contributed by atoms with E-state index in [0.29, 0.717) is 0 Å². The highest BCUT2D eigenvalue weighted by Gasteiger charge is 2.31. The van der Waals surface area contributed by atoms with Crippen LogP contribution in [-0.2, 0) is 6.42 Å². The number of hydrogen-bond donors (Lipinski definition) is 1. The number of nitrogens with zero attached hydrogens (tertiary/aromatic N) is 1. The second kappa shape index (κ2) is 5.95. The minimum atomic E-state index is -4.71. The van der Waals surface area contributed by atoms with Crippen LogP contribution in [0, 0.1) is 0 Å². The third-order valence-electron chi connectivity index (χ3n) is 2.37. The fraction of sp³-hybridized carbons (Fsp3) is 0.500. The number of rotatable bonds is 5. The van der Waals surface area contributed by atoms with Crippen molar-refractivity contribution in [2.75, 3.05) is 26.4 Å². The van der Waals surface area contributed by atoms with Crippen molar-refractivity contribution in [2.45, 2.75) is 19.2 Å². The van der Waals surface area contributed by atoms with E-state index in [-0.39, 0.29) is 11.4 Å². The molecule has 0 fully saturated rings. The number of benzene rings is 1. The van der Waals surface area contributed by atoms with E-state index < -0.39 is 6.36 Å². The van der Waals surface area contributed by atoms with Gasteiger partial charge < -0.3 is 15.4 Å². The molecule has 0 heterocycles. The van der Waals surface area contributed by atoms with Gasteiger partial charge >= 0.3 is 6.36 Å². The van der Waals surface area contributed by atoms with Crippen LogP contribution in [0.3, 0.4) is 0 Å². The van der Waals surface area contributed by atoms with E-state index in [9.17, 15) is 13.2 Å². The smallest absolute Gasteiger partial charge is 0.404 e. The van der Waals surface area contributed by atoms with Gasteiger partial charge in [0.25, 0.3) is 0 Å². The first-order valence-corrected chi connectivity index (χ1v) is 5.57. The van der Waals surface area contributed by atoms with E-state index in [2.05, 4.69) is 4.74 Å². The lowest BCUT2D eigenvalue weighted by Gasteiger charge is -2.13. The van der Waals surface area contributed by atoms with Crippen molar-refractivity contribution in [3.63, 3.8) is 0 Å². The molecule has 3 nitrogen and oxygen atoms in total. The number of nitrogen functional groups attached to an aromatic ring is 1. The number of halogens is 3. The largest absolute Gasteiger partial charge is 0.573 e. The molecule has 1 rings (SSSR count). The van der Waals surface area contributed by atoms with Gasteiger partial charge in [-0.25, -0.2) is 0 Å². The van der Waals surface area contributed by atoms with Gasteiger partial charge in [-0.05, 0) is 51.2 Å². The lowest BCUT2D eigenvalue weighted by atomic mass is 10.1. The first kappa shape index (κ1) is 14.6. The highest BCUT2D eigenvalue weighted by atomic mass is 19.4. The van der Waals surface area contributed by atoms with Gasteiger partial charge in [-0.3, -0.25) is 0 Å². The Balaban J connectivity index is 2.62. The van der Waals surface area contributed by atoms with Crippen molar-refractivity contribution in [1.82, 2.24) is 4.90 Å². The topological polar surface area (TPSA) is 38.5 Å². The fourth-order valence-corrected chi connectivity index (χ4v) is 1.57. The number of ether oxygens (including phenoxy) is 1. The SMILES string of the molecule is CN(C)CCCc1ccc(OC(F)(F)F)c(N)c1. The van der Waals surface area contributed by atoms with Gasteiger partial charge in [0.15, 0.2) is 5.75 Å². The van der Waals surface area contributed by atoms with Crippen LogP contribution < -0.4 is 10.5 Å². The first-order valence-electron chi connectivity index (χ1n) is 5.57. The Morgan fingerprint density at radius 2 is 1.94 bits per heavy atom. The van der Waals surface area contributed by atoms with Crippen LogP contribution in [0.2, 0.25) is 0 Å². The summed E-state index contributed by atoms with van der Waals surface area (Å²) >= 11 is 0. The van der Waals surface area contributed by atoms with Crippen LogP contribution in [-0.4, -0.2) is 31.9 Å². The summed E-state index contributed by atoms with van der Waals surface area (Å²) in [5.74, 6) is -0.348. The van der Waals surface area contributed by atoms with E-state index >= 15 is 0 Å². The van der Waals surface area contributed by atoms with Crippen molar-refractivity contribution in [3.8, 4) is 5.75 Å². The van der Waals surface area contributed by atoms with Crippen LogP contribution in [0.15, 0.2) is 18.2 Å². The molecule has 6 heteroatoms. The molecule has 18 heavy (non-hydrogen) atoms. The number of nitrogens with two attached hydrogens (primary N) is 1. The second-order valence-corrected chi connectivity index (χ2v) is 4.33. The van der Waals surface area contributed by atoms with E-state index in [1.807, 2.05) is 19.0 Å². The molecule has 0 spiro atoms. The van der Waals surface area contributed by atoms with Gasteiger partial charge in [-0.1, -0.05) is 6.07 Å². The predicted octanol–water partition coefficient (Wildman–Crippen LogP) is 2.66. The third kappa shape index (κ3) is 5.27. The summed E-state index contributed by atoms with van der Waals surface area (Å²) in [5.41, 5.74) is 6.44. The Hall–Kier alpha value is -1.43. The normalized spacial score (nSPS) is 11.9. The number of hydrogen-bond acceptors (Lipinski definition) is 3. The molecular formula is C12H17F3N2O. The molecular weight excluding hydrogens is 245 g/mol. The molecule has 0 unspecified atom stereocenters. The average Bonchev–Trinajstić information content (AvgIpc) is 2.19. The molecule has 1 aromatic rings. The molecule has 0 radical (unpaired) electrons. The minimum absolute atomic E-state index is 0.00896. The fourth-order valence-electron chi connectivity index (χ4n) is 1.57. The van der Waals surface area contributed by atoms with E-state index in [1.54, 1.807) is 6.07 Å². The lowest BCUT2D eigenvalue weighted by molar-refractivity contribution is -0.274. The minimum Gasteiger partial charge on any atom is -0.404 e. The quantitative estimate of drug-likeness (QED) is 0.829. The third-order valence-corrected chi connectivity index (χ3v) is 2.37. The van der Waals surface area contributed by atoms with E-state index in [1.165, 1.54) is 12.1 Å². The zero-order chi connectivity index (χ0) is 13.8. The molecule has 2 N–H and O–H groups in total. The molecule has 1 aromatic carbocycles. The monoisotopic (exact) mass is 262 g/mol. The van der Waals surface area contributed by atoms with Crippen molar-refractivity contribution in [3.05, 3.63) is 23.8 Å². The summed E-state index contributed by atoms with van der Waals surface area (Å²) in [6.45, 7) is 0.917. The zero-order valence-corrected chi connectivity index (χ0v) is 10.4. The molecule has 0 bridgehead atoms. The Labute approximate surface area is 104 Å². The summed E-state index contributed by atoms with van der Waals surface area (Å²) in [6.07, 6.45) is -3.01. The summed E-state index contributed by atoms with van der Waals surface area (Å²) in [5, 5.41) is 0. The second-order valence-electron chi connectivity index (χ2n) is 4.33. The van der Waals surface area contributed by atoms with Gasteiger partial charge in [0.05, 0.1) is 5.69 Å². The highest BCUT2D eigenvalue weighted by molar-refractivity contribution is 5.54. The van der Waals surface area contributed by atoms with Gasteiger partial charge in [0.1, 0.15) is 0 Å². The highest BCUT2D eigenvalue weighted by Crippen LogP contribution is 2.29. The first-order chi connectivity index (χ1) is 8.28. The molecule has 0 aliphatic heterocycles. The predicted molar refractivity (Wildman–Crippen MR) is 64.4 cm³/mol. The molecule has 0 atom stereocenters. The molecule has 0 aliphatic rings. The summed E-state index contributed by atoms with van der Waals surface area (Å²) in [7, 11) is 3.93. The van der Waals surface area contributed by atoms with Gasteiger partial charge in [-0.15, -0.1) is 13.2 Å². The van der Waals surface area contributed by atoms with Crippen LogP contribution in [0.1, 0.15) is 12.0 Å². The van der Waals surface area contributed by atoms with Crippen molar-refractivity contribution in [1.29, 1.82) is 0 Å². The number of anilines is 1. The Bertz CT molecular complexity index is 391. The van der Waals surface area contributed by atoms with Crippen LogP contribution in [0.5, 0.6) is 5.75 Å². The van der Waals surface area contributed by atoms with E-state index in [0.717, 1.165) is 24.9 Å². The molecule has 0 aliphatic carbocycles. The summed E-state index contributed by atoms with van der Waals surface area (Å²) in [6, 6.07) is 4.39. The van der Waals surface area contributed by atoms with Gasteiger partial charge in [0, 0.05) is 0 Å². The van der Waals surface area contributed by atoms with Crippen molar-refractivity contribution < 1.29 is 17.9 Å². The van der Waals surface area contributed by atoms with E-state index in [4.69, 9.17) is 5.73 Å². The summed E-state index contributed by atoms with van der Waals surface area (Å²) in [4.78, 5) is 2.05. The maximum Gasteiger partial charge on any atom is 0.573 e. The molecule has 0 saturated heterocycles. The standard InChI is InChI=1S/C12H17F3N2O/c1-17(2)7-3-4-9-5-6-11(10(16)8-9)18-12(13,14)15/h5-6,8H,3-4,7,16H2,1-2H3.